The van der Waals surface area contributed by atoms with Crippen molar-refractivity contribution < 1.29 is 0 Å². The molecule has 1 atom stereocenters. The van der Waals surface area contributed by atoms with Crippen molar-refractivity contribution in [2.24, 2.45) is 0 Å². The Bertz CT molecular complexity index is 547. The van der Waals surface area contributed by atoms with Gasteiger partial charge in [0.1, 0.15) is 0 Å². The largest absolute Gasteiger partial charge is 0.306 e. The molecule has 0 fully saturated rings. The molecule has 0 saturated carbocycles. The Morgan fingerprint density at radius 2 is 2.00 bits per heavy atom. The van der Waals surface area contributed by atoms with Gasteiger partial charge in [-0.1, -0.05) is 36.7 Å². The van der Waals surface area contributed by atoms with Crippen LogP contribution < -0.4 is 5.32 Å². The van der Waals surface area contributed by atoms with Gasteiger partial charge in [-0.2, -0.15) is 0 Å². The minimum absolute atomic E-state index is 0.201. The Morgan fingerprint density at radius 3 is 2.58 bits per heavy atom. The molecule has 1 unspecified atom stereocenters. The van der Waals surface area contributed by atoms with Crippen LogP contribution in [-0.4, -0.2) is 6.54 Å². The second-order valence-electron chi connectivity index (χ2n) is 4.81. The summed E-state index contributed by atoms with van der Waals surface area (Å²) in [5, 5.41) is 4.46. The van der Waals surface area contributed by atoms with E-state index in [9.17, 15) is 0 Å². The number of halogens is 1. The molecule has 0 spiro atoms. The smallest absolute Gasteiger partial charge is 0.0688 e. The fourth-order valence-corrected chi connectivity index (χ4v) is 3.66. The minimum atomic E-state index is 0.201. The zero-order chi connectivity index (χ0) is 13.8. The summed E-state index contributed by atoms with van der Waals surface area (Å²) in [5.74, 6) is 0. The van der Waals surface area contributed by atoms with Crippen molar-refractivity contribution in [3.05, 3.63) is 56.2 Å². The summed E-state index contributed by atoms with van der Waals surface area (Å²) < 4.78 is 0. The summed E-state index contributed by atoms with van der Waals surface area (Å²) in [6, 6.07) is 10.6. The molecule has 0 aliphatic rings. The number of aryl methyl sites for hydroxylation is 2. The Balaban J connectivity index is 2.41. The van der Waals surface area contributed by atoms with Crippen molar-refractivity contribution >= 4 is 22.9 Å². The predicted octanol–water partition coefficient (Wildman–Crippen LogP) is 5.11. The second-order valence-corrected chi connectivity index (χ2v) is 6.51. The number of thiophene rings is 1. The van der Waals surface area contributed by atoms with Crippen LogP contribution in [0.3, 0.4) is 0 Å². The van der Waals surface area contributed by atoms with Gasteiger partial charge in [-0.25, -0.2) is 0 Å². The van der Waals surface area contributed by atoms with Crippen LogP contribution in [0.5, 0.6) is 0 Å². The normalized spacial score (nSPS) is 12.6. The highest BCUT2D eigenvalue weighted by atomic mass is 35.5. The van der Waals surface area contributed by atoms with Crippen molar-refractivity contribution in [3.8, 4) is 0 Å². The van der Waals surface area contributed by atoms with Crippen LogP contribution in [0.15, 0.2) is 30.3 Å². The van der Waals surface area contributed by atoms with Crippen molar-refractivity contribution in [2.45, 2.75) is 33.2 Å². The number of hydrogen-bond donors (Lipinski definition) is 1. The van der Waals surface area contributed by atoms with Gasteiger partial charge >= 0.3 is 0 Å². The van der Waals surface area contributed by atoms with E-state index >= 15 is 0 Å². The lowest BCUT2D eigenvalue weighted by Gasteiger charge is -2.20. The first-order chi connectivity index (χ1) is 9.13. The van der Waals surface area contributed by atoms with Crippen LogP contribution in [0, 0.1) is 13.8 Å². The Hall–Kier alpha value is -0.830. The van der Waals surface area contributed by atoms with E-state index in [0.29, 0.717) is 0 Å². The Morgan fingerprint density at radius 1 is 1.26 bits per heavy atom. The number of benzene rings is 1. The van der Waals surface area contributed by atoms with Crippen molar-refractivity contribution in [3.63, 3.8) is 0 Å². The minimum Gasteiger partial charge on any atom is -0.306 e. The molecule has 102 valence electrons. The van der Waals surface area contributed by atoms with E-state index in [-0.39, 0.29) is 6.04 Å². The average Bonchev–Trinajstić information content (AvgIpc) is 2.71. The molecule has 0 aliphatic carbocycles. The third-order valence-corrected chi connectivity index (χ3v) is 4.72. The van der Waals surface area contributed by atoms with E-state index < -0.39 is 0 Å². The number of nitrogens with one attached hydrogen (secondary N) is 1. The van der Waals surface area contributed by atoms with E-state index in [1.54, 1.807) is 0 Å². The van der Waals surface area contributed by atoms with Crippen LogP contribution in [0.1, 0.15) is 40.3 Å². The number of hydrogen-bond acceptors (Lipinski definition) is 2. The lowest BCUT2D eigenvalue weighted by atomic mass is 10.0. The van der Waals surface area contributed by atoms with Gasteiger partial charge in [0.15, 0.2) is 0 Å². The maximum absolute atomic E-state index is 6.37. The molecule has 1 aromatic heterocycles. The van der Waals surface area contributed by atoms with E-state index in [1.807, 2.05) is 23.5 Å². The van der Waals surface area contributed by atoms with E-state index in [2.05, 4.69) is 44.3 Å². The summed E-state index contributed by atoms with van der Waals surface area (Å²) in [7, 11) is 0. The molecule has 1 heterocycles. The average molecular weight is 294 g/mol. The fraction of sp³-hybridized carbons (Fsp3) is 0.375. The van der Waals surface area contributed by atoms with Crippen LogP contribution in [0.2, 0.25) is 5.02 Å². The Labute approximate surface area is 124 Å². The van der Waals surface area contributed by atoms with Crippen LogP contribution >= 0.6 is 22.9 Å². The zero-order valence-electron chi connectivity index (χ0n) is 11.7. The molecule has 1 N–H and O–H groups in total. The first-order valence-electron chi connectivity index (χ1n) is 6.68. The molecule has 1 aromatic carbocycles. The first kappa shape index (κ1) is 14.6. The highest BCUT2D eigenvalue weighted by Crippen LogP contribution is 2.34. The fourth-order valence-electron chi connectivity index (χ4n) is 2.29. The molecule has 2 aromatic rings. The summed E-state index contributed by atoms with van der Waals surface area (Å²) in [6.45, 7) is 7.51. The molecule has 0 radical (unpaired) electrons. The molecule has 0 saturated heterocycles. The van der Waals surface area contributed by atoms with Gasteiger partial charge in [0.05, 0.1) is 6.04 Å². The maximum Gasteiger partial charge on any atom is 0.0688 e. The van der Waals surface area contributed by atoms with Gasteiger partial charge in [-0.15, -0.1) is 11.3 Å². The second kappa shape index (κ2) is 6.56. The molecule has 2 rings (SSSR count). The third kappa shape index (κ3) is 3.38. The van der Waals surface area contributed by atoms with E-state index in [1.165, 1.54) is 20.9 Å². The highest BCUT2D eigenvalue weighted by molar-refractivity contribution is 7.12. The van der Waals surface area contributed by atoms with Crippen LogP contribution in [0.4, 0.5) is 0 Å². The lowest BCUT2D eigenvalue weighted by Crippen LogP contribution is -2.23. The van der Waals surface area contributed by atoms with Gasteiger partial charge < -0.3 is 5.32 Å². The van der Waals surface area contributed by atoms with Gasteiger partial charge in [-0.05, 0) is 50.1 Å². The van der Waals surface area contributed by atoms with Crippen LogP contribution in [-0.2, 0) is 0 Å². The summed E-state index contributed by atoms with van der Waals surface area (Å²) in [4.78, 5) is 2.72. The topological polar surface area (TPSA) is 12.0 Å². The van der Waals surface area contributed by atoms with E-state index in [0.717, 1.165) is 18.0 Å². The molecule has 1 nitrogen and oxygen atoms in total. The molecular formula is C16H20ClNS. The van der Waals surface area contributed by atoms with E-state index in [4.69, 9.17) is 11.6 Å². The molecule has 0 amide bonds. The van der Waals surface area contributed by atoms with Gasteiger partial charge in [-0.3, -0.25) is 0 Å². The summed E-state index contributed by atoms with van der Waals surface area (Å²) in [6.07, 6.45) is 1.12. The van der Waals surface area contributed by atoms with Gasteiger partial charge in [0, 0.05) is 14.8 Å². The molecular weight excluding hydrogens is 274 g/mol. The standard InChI is InChI=1S/C16H20ClNS/c1-4-9-18-15(13-7-5-6-8-14(13)17)16-11(2)10-12(3)19-16/h5-8,10,15,18H,4,9H2,1-3H3. The molecule has 19 heavy (non-hydrogen) atoms. The Kier molecular flexibility index (Phi) is 5.03. The summed E-state index contributed by atoms with van der Waals surface area (Å²) in [5.41, 5.74) is 2.51. The SMILES string of the molecule is CCCNC(c1ccccc1Cl)c1sc(C)cc1C. The van der Waals surface area contributed by atoms with Crippen molar-refractivity contribution in [2.75, 3.05) is 6.54 Å². The van der Waals surface area contributed by atoms with Crippen LogP contribution in [0.25, 0.3) is 0 Å². The molecule has 0 aliphatic heterocycles. The van der Waals surface area contributed by atoms with Crippen molar-refractivity contribution in [1.29, 1.82) is 0 Å². The van der Waals surface area contributed by atoms with Gasteiger partial charge in [0.25, 0.3) is 0 Å². The monoisotopic (exact) mass is 293 g/mol. The zero-order valence-corrected chi connectivity index (χ0v) is 13.2. The third-order valence-electron chi connectivity index (χ3n) is 3.16. The maximum atomic E-state index is 6.37. The predicted molar refractivity (Wildman–Crippen MR) is 85.4 cm³/mol. The first-order valence-corrected chi connectivity index (χ1v) is 7.87. The summed E-state index contributed by atoms with van der Waals surface area (Å²) >= 11 is 8.23. The van der Waals surface area contributed by atoms with Crippen molar-refractivity contribution in [1.82, 2.24) is 5.32 Å². The molecule has 0 bridgehead atoms. The molecule has 3 heteroatoms. The quantitative estimate of drug-likeness (QED) is 0.808. The van der Waals surface area contributed by atoms with Gasteiger partial charge in [0.2, 0.25) is 0 Å². The number of rotatable bonds is 5. The highest BCUT2D eigenvalue weighted by Gasteiger charge is 2.19. The lowest BCUT2D eigenvalue weighted by molar-refractivity contribution is 0.604.